The third-order valence-electron chi connectivity index (χ3n) is 1.85. The van der Waals surface area contributed by atoms with Crippen LogP contribution in [0.2, 0.25) is 0 Å². The molecule has 0 aromatic carbocycles. The third kappa shape index (κ3) is 3.33. The lowest BCUT2D eigenvalue weighted by molar-refractivity contribution is 0.792. The Morgan fingerprint density at radius 3 is 2.43 bits per heavy atom. The highest BCUT2D eigenvalue weighted by Gasteiger charge is 2.15. The standard InChI is InChI=1S/C12H19NS/c1-9(2)10-6-7-13-8-11(10)14-12(3,4)5/h6-9H,1-5H3. The molecule has 2 heteroatoms. The van der Waals surface area contributed by atoms with Crippen LogP contribution in [0.25, 0.3) is 0 Å². The summed E-state index contributed by atoms with van der Waals surface area (Å²) in [6.45, 7) is 11.1. The van der Waals surface area contributed by atoms with Crippen molar-refractivity contribution in [1.29, 1.82) is 0 Å². The molecule has 0 atom stereocenters. The Morgan fingerprint density at radius 1 is 1.29 bits per heavy atom. The minimum absolute atomic E-state index is 0.257. The number of rotatable bonds is 2. The molecular formula is C12H19NS. The van der Waals surface area contributed by atoms with Crippen LogP contribution in [-0.2, 0) is 0 Å². The second-order valence-electron chi connectivity index (χ2n) is 4.78. The molecule has 14 heavy (non-hydrogen) atoms. The molecule has 0 fully saturated rings. The van der Waals surface area contributed by atoms with Crippen molar-refractivity contribution in [3.63, 3.8) is 0 Å². The highest BCUT2D eigenvalue weighted by atomic mass is 32.2. The second-order valence-corrected chi connectivity index (χ2v) is 6.65. The molecule has 78 valence electrons. The van der Waals surface area contributed by atoms with E-state index >= 15 is 0 Å². The van der Waals surface area contributed by atoms with E-state index in [9.17, 15) is 0 Å². The van der Waals surface area contributed by atoms with Crippen LogP contribution in [-0.4, -0.2) is 9.73 Å². The first kappa shape index (κ1) is 11.6. The smallest absolute Gasteiger partial charge is 0.0407 e. The zero-order chi connectivity index (χ0) is 10.8. The largest absolute Gasteiger partial charge is 0.264 e. The molecule has 0 unspecified atom stereocenters. The number of aromatic nitrogens is 1. The molecule has 0 bridgehead atoms. The van der Waals surface area contributed by atoms with Gasteiger partial charge < -0.3 is 0 Å². The van der Waals surface area contributed by atoms with Crippen LogP contribution >= 0.6 is 11.8 Å². The summed E-state index contributed by atoms with van der Waals surface area (Å²) in [5.41, 5.74) is 1.40. The summed E-state index contributed by atoms with van der Waals surface area (Å²) in [6.07, 6.45) is 3.85. The van der Waals surface area contributed by atoms with Gasteiger partial charge in [0.25, 0.3) is 0 Å². The molecule has 1 aromatic rings. The zero-order valence-electron chi connectivity index (χ0n) is 9.66. The monoisotopic (exact) mass is 209 g/mol. The fourth-order valence-corrected chi connectivity index (χ4v) is 2.48. The van der Waals surface area contributed by atoms with Gasteiger partial charge in [-0.25, -0.2) is 0 Å². The number of pyridine rings is 1. The quantitative estimate of drug-likeness (QED) is 0.680. The first-order chi connectivity index (χ1) is 6.40. The van der Waals surface area contributed by atoms with Crippen molar-refractivity contribution >= 4 is 11.8 Å². The normalized spacial score (nSPS) is 12.1. The van der Waals surface area contributed by atoms with Crippen molar-refractivity contribution in [2.75, 3.05) is 0 Å². The molecule has 0 aliphatic carbocycles. The van der Waals surface area contributed by atoms with Gasteiger partial charge in [-0.1, -0.05) is 34.6 Å². The Bertz CT molecular complexity index is 299. The molecule has 1 heterocycles. The molecule has 1 rings (SSSR count). The van der Waals surface area contributed by atoms with Crippen LogP contribution in [0, 0.1) is 0 Å². The molecular weight excluding hydrogens is 190 g/mol. The number of hydrogen-bond acceptors (Lipinski definition) is 2. The van der Waals surface area contributed by atoms with Crippen molar-refractivity contribution in [3.05, 3.63) is 24.0 Å². The van der Waals surface area contributed by atoms with Gasteiger partial charge in [-0.3, -0.25) is 4.98 Å². The molecule has 0 radical (unpaired) electrons. The zero-order valence-corrected chi connectivity index (χ0v) is 10.5. The Kier molecular flexibility index (Phi) is 3.59. The molecule has 0 aliphatic heterocycles. The number of nitrogens with zero attached hydrogens (tertiary/aromatic N) is 1. The maximum absolute atomic E-state index is 4.19. The van der Waals surface area contributed by atoms with Gasteiger partial charge in [-0.15, -0.1) is 11.8 Å². The lowest BCUT2D eigenvalue weighted by Crippen LogP contribution is -2.08. The molecule has 0 saturated heterocycles. The highest BCUT2D eigenvalue weighted by Crippen LogP contribution is 2.35. The average Bonchev–Trinajstić information content (AvgIpc) is 2.01. The molecule has 1 aromatic heterocycles. The highest BCUT2D eigenvalue weighted by molar-refractivity contribution is 8.00. The molecule has 0 spiro atoms. The van der Waals surface area contributed by atoms with Gasteiger partial charge in [-0.05, 0) is 17.5 Å². The lowest BCUT2D eigenvalue weighted by Gasteiger charge is -2.20. The lowest BCUT2D eigenvalue weighted by atomic mass is 10.1. The summed E-state index contributed by atoms with van der Waals surface area (Å²) < 4.78 is 0.257. The molecule has 0 saturated carbocycles. The van der Waals surface area contributed by atoms with E-state index in [1.54, 1.807) is 0 Å². The minimum Gasteiger partial charge on any atom is -0.264 e. The number of hydrogen-bond donors (Lipinski definition) is 0. The second kappa shape index (κ2) is 4.35. The fraction of sp³-hybridized carbons (Fsp3) is 0.583. The van der Waals surface area contributed by atoms with E-state index in [0.717, 1.165) is 0 Å². The van der Waals surface area contributed by atoms with E-state index in [2.05, 4.69) is 45.7 Å². The minimum atomic E-state index is 0.257. The Hall–Kier alpha value is -0.500. The van der Waals surface area contributed by atoms with Crippen molar-refractivity contribution in [3.8, 4) is 0 Å². The summed E-state index contributed by atoms with van der Waals surface area (Å²) in [6, 6.07) is 2.12. The summed E-state index contributed by atoms with van der Waals surface area (Å²) >= 11 is 1.89. The van der Waals surface area contributed by atoms with Crippen molar-refractivity contribution in [1.82, 2.24) is 4.98 Å². The predicted molar refractivity (Wildman–Crippen MR) is 63.9 cm³/mol. The van der Waals surface area contributed by atoms with Gasteiger partial charge in [0.2, 0.25) is 0 Å². The Labute approximate surface area is 91.3 Å². The summed E-state index contributed by atoms with van der Waals surface area (Å²) in [5, 5.41) is 0. The predicted octanol–water partition coefficient (Wildman–Crippen LogP) is 4.10. The molecule has 0 N–H and O–H groups in total. The van der Waals surface area contributed by atoms with Gasteiger partial charge in [0.15, 0.2) is 0 Å². The maximum Gasteiger partial charge on any atom is 0.0407 e. The molecule has 0 amide bonds. The first-order valence-corrected chi connectivity index (χ1v) is 5.85. The van der Waals surface area contributed by atoms with Crippen molar-refractivity contribution < 1.29 is 0 Å². The van der Waals surface area contributed by atoms with Crippen molar-refractivity contribution in [2.45, 2.75) is 50.2 Å². The van der Waals surface area contributed by atoms with Crippen LogP contribution < -0.4 is 0 Å². The van der Waals surface area contributed by atoms with Crippen LogP contribution in [0.15, 0.2) is 23.4 Å². The van der Waals surface area contributed by atoms with E-state index < -0.39 is 0 Å². The van der Waals surface area contributed by atoms with Gasteiger partial charge >= 0.3 is 0 Å². The topological polar surface area (TPSA) is 12.9 Å². The SMILES string of the molecule is CC(C)c1ccncc1SC(C)(C)C. The van der Waals surface area contributed by atoms with E-state index in [-0.39, 0.29) is 4.75 Å². The maximum atomic E-state index is 4.19. The van der Waals surface area contributed by atoms with Gasteiger partial charge in [-0.2, -0.15) is 0 Å². The van der Waals surface area contributed by atoms with Gasteiger partial charge in [0, 0.05) is 22.0 Å². The van der Waals surface area contributed by atoms with E-state index in [1.807, 2.05) is 24.2 Å². The van der Waals surface area contributed by atoms with Crippen LogP contribution in [0.3, 0.4) is 0 Å². The average molecular weight is 209 g/mol. The third-order valence-corrected chi connectivity index (χ3v) is 3.03. The van der Waals surface area contributed by atoms with Gasteiger partial charge in [0.05, 0.1) is 0 Å². The van der Waals surface area contributed by atoms with E-state index in [0.29, 0.717) is 5.92 Å². The van der Waals surface area contributed by atoms with Crippen molar-refractivity contribution in [2.24, 2.45) is 0 Å². The number of thioether (sulfide) groups is 1. The summed E-state index contributed by atoms with van der Waals surface area (Å²) in [5.74, 6) is 0.572. The summed E-state index contributed by atoms with van der Waals surface area (Å²) in [4.78, 5) is 5.51. The fourth-order valence-electron chi connectivity index (χ4n) is 1.28. The Balaban J connectivity index is 2.96. The van der Waals surface area contributed by atoms with E-state index in [4.69, 9.17) is 0 Å². The first-order valence-electron chi connectivity index (χ1n) is 5.03. The van der Waals surface area contributed by atoms with Gasteiger partial charge in [0.1, 0.15) is 0 Å². The van der Waals surface area contributed by atoms with Crippen LogP contribution in [0.1, 0.15) is 46.1 Å². The Morgan fingerprint density at radius 2 is 1.93 bits per heavy atom. The molecule has 0 aliphatic rings. The van der Waals surface area contributed by atoms with Crippen LogP contribution in [0.5, 0.6) is 0 Å². The van der Waals surface area contributed by atoms with Crippen LogP contribution in [0.4, 0.5) is 0 Å². The molecule has 1 nitrogen and oxygen atoms in total. The summed E-state index contributed by atoms with van der Waals surface area (Å²) in [7, 11) is 0. The van der Waals surface area contributed by atoms with E-state index in [1.165, 1.54) is 10.5 Å².